The van der Waals surface area contributed by atoms with Gasteiger partial charge in [-0.2, -0.15) is 0 Å². The summed E-state index contributed by atoms with van der Waals surface area (Å²) in [5.41, 5.74) is 1.74. The molecule has 0 aromatic heterocycles. The third kappa shape index (κ3) is 4.64. The van der Waals surface area contributed by atoms with Crippen molar-refractivity contribution >= 4 is 15.9 Å². The summed E-state index contributed by atoms with van der Waals surface area (Å²) in [4.78, 5) is 13.3. The molecule has 27 heavy (non-hydrogen) atoms. The van der Waals surface area contributed by atoms with E-state index in [-0.39, 0.29) is 23.1 Å². The first-order chi connectivity index (χ1) is 12.9. The van der Waals surface area contributed by atoms with E-state index in [9.17, 15) is 17.6 Å². The van der Waals surface area contributed by atoms with Gasteiger partial charge in [0.1, 0.15) is 16.5 Å². The Labute approximate surface area is 158 Å². The highest BCUT2D eigenvalue weighted by Crippen LogP contribution is 2.24. The van der Waals surface area contributed by atoms with E-state index >= 15 is 0 Å². The monoisotopic (exact) mass is 392 g/mol. The number of rotatable bonds is 7. The van der Waals surface area contributed by atoms with Crippen LogP contribution in [-0.2, 0) is 27.9 Å². The van der Waals surface area contributed by atoms with E-state index in [1.54, 1.807) is 12.1 Å². The lowest BCUT2D eigenvalue weighted by Crippen LogP contribution is -2.24. The predicted octanol–water partition coefficient (Wildman–Crippen LogP) is 2.44. The molecule has 1 amide bonds. The molecule has 3 rings (SSSR count). The number of carbonyl (C=O) groups is 1. The zero-order valence-electron chi connectivity index (χ0n) is 14.9. The minimum Gasteiger partial charge on any atom is -0.495 e. The molecular formula is C19H21FN2O4S. The number of benzene rings is 2. The maximum Gasteiger partial charge on any atom is 0.244 e. The highest BCUT2D eigenvalue weighted by molar-refractivity contribution is 7.89. The third-order valence-electron chi connectivity index (χ3n) is 4.45. The molecule has 6 nitrogen and oxygen atoms in total. The van der Waals surface area contributed by atoms with E-state index in [4.69, 9.17) is 4.74 Å². The quantitative estimate of drug-likeness (QED) is 0.785. The molecule has 0 unspecified atom stereocenters. The number of ether oxygens (including phenoxy) is 1. The maximum absolute atomic E-state index is 13.4. The molecule has 0 bridgehead atoms. The average Bonchev–Trinajstić information content (AvgIpc) is 3.06. The number of hydrogen-bond acceptors (Lipinski definition) is 4. The van der Waals surface area contributed by atoms with Crippen LogP contribution in [0.5, 0.6) is 5.75 Å². The zero-order chi connectivity index (χ0) is 19.4. The first-order valence-corrected chi connectivity index (χ1v) is 10.1. The molecule has 0 radical (unpaired) electrons. The van der Waals surface area contributed by atoms with E-state index < -0.39 is 15.8 Å². The van der Waals surface area contributed by atoms with Crippen LogP contribution in [0, 0.1) is 5.82 Å². The largest absolute Gasteiger partial charge is 0.495 e. The minimum atomic E-state index is -3.93. The van der Waals surface area contributed by atoms with Crippen molar-refractivity contribution in [2.24, 2.45) is 0 Å². The maximum atomic E-state index is 13.4. The van der Waals surface area contributed by atoms with Crippen molar-refractivity contribution in [1.82, 2.24) is 9.62 Å². The smallest absolute Gasteiger partial charge is 0.244 e. The summed E-state index contributed by atoms with van der Waals surface area (Å²) >= 11 is 0. The highest BCUT2D eigenvalue weighted by Gasteiger charge is 2.21. The van der Waals surface area contributed by atoms with Gasteiger partial charge >= 0.3 is 0 Å². The van der Waals surface area contributed by atoms with Gasteiger partial charge in [-0.3, -0.25) is 4.79 Å². The van der Waals surface area contributed by atoms with Crippen LogP contribution in [0.3, 0.4) is 0 Å². The summed E-state index contributed by atoms with van der Waals surface area (Å²) in [5, 5.41) is 0. The molecule has 144 valence electrons. The lowest BCUT2D eigenvalue weighted by atomic mass is 10.1. The van der Waals surface area contributed by atoms with Gasteiger partial charge in [0.25, 0.3) is 0 Å². The number of methoxy groups -OCH3 is 1. The van der Waals surface area contributed by atoms with E-state index in [0.29, 0.717) is 13.0 Å². The molecule has 0 spiro atoms. The Hall–Kier alpha value is -2.45. The van der Waals surface area contributed by atoms with Crippen molar-refractivity contribution in [1.29, 1.82) is 0 Å². The van der Waals surface area contributed by atoms with E-state index in [2.05, 4.69) is 4.72 Å². The Balaban J connectivity index is 1.66. The van der Waals surface area contributed by atoms with Gasteiger partial charge < -0.3 is 9.64 Å². The van der Waals surface area contributed by atoms with Crippen LogP contribution in [0.2, 0.25) is 0 Å². The standard InChI is InChI=1S/C19H21FN2O4S/c1-26-17-9-8-16(20)11-18(17)27(24,25)21-12-14-4-6-15(7-5-14)13-22-10-2-3-19(22)23/h4-9,11,21H,2-3,10,12-13H2,1H3. The zero-order valence-corrected chi connectivity index (χ0v) is 15.8. The first kappa shape index (κ1) is 19.3. The number of likely N-dealkylation sites (tertiary alicyclic amines) is 1. The second kappa shape index (κ2) is 8.06. The fourth-order valence-electron chi connectivity index (χ4n) is 2.97. The summed E-state index contributed by atoms with van der Waals surface area (Å²) in [5.74, 6) is -0.414. The Morgan fingerprint density at radius 2 is 1.85 bits per heavy atom. The lowest BCUT2D eigenvalue weighted by molar-refractivity contribution is -0.128. The van der Waals surface area contributed by atoms with Gasteiger partial charge in [-0.25, -0.2) is 17.5 Å². The fraction of sp³-hybridized carbons (Fsp3) is 0.316. The minimum absolute atomic E-state index is 0.0604. The van der Waals surface area contributed by atoms with Crippen LogP contribution in [0.4, 0.5) is 4.39 Å². The van der Waals surface area contributed by atoms with Crippen molar-refractivity contribution in [3.8, 4) is 5.75 Å². The van der Waals surface area contributed by atoms with Crippen LogP contribution in [0.25, 0.3) is 0 Å². The Morgan fingerprint density at radius 3 is 2.48 bits per heavy atom. The van der Waals surface area contributed by atoms with Gasteiger partial charge in [-0.1, -0.05) is 24.3 Å². The number of carbonyl (C=O) groups excluding carboxylic acids is 1. The fourth-order valence-corrected chi connectivity index (χ4v) is 4.17. The van der Waals surface area contributed by atoms with Crippen LogP contribution < -0.4 is 9.46 Å². The lowest BCUT2D eigenvalue weighted by Gasteiger charge is -2.15. The van der Waals surface area contributed by atoms with Crippen molar-refractivity contribution in [2.75, 3.05) is 13.7 Å². The summed E-state index contributed by atoms with van der Waals surface area (Å²) in [7, 11) is -2.60. The average molecular weight is 392 g/mol. The molecule has 1 saturated heterocycles. The molecule has 0 aliphatic carbocycles. The van der Waals surface area contributed by atoms with E-state index in [1.165, 1.54) is 13.2 Å². The second-order valence-corrected chi connectivity index (χ2v) is 8.09. The Bertz CT molecular complexity index is 929. The van der Waals surface area contributed by atoms with Crippen molar-refractivity contribution in [3.05, 3.63) is 59.4 Å². The van der Waals surface area contributed by atoms with Gasteiger partial charge in [-0.15, -0.1) is 0 Å². The summed E-state index contributed by atoms with van der Waals surface area (Å²) in [6.45, 7) is 1.39. The molecular weight excluding hydrogens is 371 g/mol. The molecule has 0 saturated carbocycles. The van der Waals surface area contributed by atoms with Crippen molar-refractivity contribution in [3.63, 3.8) is 0 Å². The summed E-state index contributed by atoms with van der Waals surface area (Å²) < 4.78 is 45.8. The third-order valence-corrected chi connectivity index (χ3v) is 5.87. The molecule has 1 fully saturated rings. The summed E-state index contributed by atoms with van der Waals surface area (Å²) in [6, 6.07) is 10.7. The molecule has 1 heterocycles. The number of nitrogens with one attached hydrogen (secondary N) is 1. The van der Waals surface area contributed by atoms with Crippen molar-refractivity contribution in [2.45, 2.75) is 30.8 Å². The second-order valence-electron chi connectivity index (χ2n) is 6.36. The molecule has 1 N–H and O–H groups in total. The van der Waals surface area contributed by atoms with Gasteiger partial charge in [0, 0.05) is 26.1 Å². The number of nitrogens with zero attached hydrogens (tertiary/aromatic N) is 1. The van der Waals surface area contributed by atoms with Gasteiger partial charge in [0.2, 0.25) is 15.9 Å². The Kier molecular flexibility index (Phi) is 5.76. The molecule has 2 aromatic carbocycles. The van der Waals surface area contributed by atoms with Gasteiger partial charge in [-0.05, 0) is 35.7 Å². The van der Waals surface area contributed by atoms with Crippen LogP contribution >= 0.6 is 0 Å². The molecule has 1 aliphatic rings. The number of halogens is 1. The number of sulfonamides is 1. The van der Waals surface area contributed by atoms with Gasteiger partial charge in [0.15, 0.2) is 0 Å². The van der Waals surface area contributed by atoms with E-state index in [1.807, 2.05) is 17.0 Å². The first-order valence-electron chi connectivity index (χ1n) is 8.58. The number of amides is 1. The SMILES string of the molecule is COc1ccc(F)cc1S(=O)(=O)NCc1ccc(CN2CCCC2=O)cc1. The highest BCUT2D eigenvalue weighted by atomic mass is 32.2. The molecule has 2 aromatic rings. The normalized spacial score (nSPS) is 14.6. The van der Waals surface area contributed by atoms with E-state index in [0.717, 1.165) is 36.2 Å². The molecule has 1 aliphatic heterocycles. The summed E-state index contributed by atoms with van der Waals surface area (Å²) in [6.07, 6.45) is 1.49. The topological polar surface area (TPSA) is 75.7 Å². The molecule has 8 heteroatoms. The predicted molar refractivity (Wildman–Crippen MR) is 98.1 cm³/mol. The van der Waals surface area contributed by atoms with Crippen LogP contribution in [-0.4, -0.2) is 32.9 Å². The Morgan fingerprint density at radius 1 is 1.15 bits per heavy atom. The van der Waals surface area contributed by atoms with Gasteiger partial charge in [0.05, 0.1) is 7.11 Å². The number of hydrogen-bond donors (Lipinski definition) is 1. The van der Waals surface area contributed by atoms with Crippen molar-refractivity contribution < 1.29 is 22.3 Å². The van der Waals surface area contributed by atoms with Crippen LogP contribution in [0.15, 0.2) is 47.4 Å². The molecule has 0 atom stereocenters. The van der Waals surface area contributed by atoms with Crippen LogP contribution in [0.1, 0.15) is 24.0 Å².